The van der Waals surface area contributed by atoms with E-state index < -0.39 is 23.9 Å². The van der Waals surface area contributed by atoms with Crippen LogP contribution in [0.4, 0.5) is 8.78 Å². The van der Waals surface area contributed by atoms with Crippen LogP contribution in [0.15, 0.2) is 0 Å². The summed E-state index contributed by atoms with van der Waals surface area (Å²) in [4.78, 5) is 11.4. The van der Waals surface area contributed by atoms with E-state index >= 15 is 0 Å². The number of hydrogen-bond acceptors (Lipinski definition) is 2. The fourth-order valence-electron chi connectivity index (χ4n) is 1.62. The highest BCUT2D eigenvalue weighted by Crippen LogP contribution is 2.43. The summed E-state index contributed by atoms with van der Waals surface area (Å²) in [6, 6.07) is -0.808. The van der Waals surface area contributed by atoms with Crippen LogP contribution in [0.5, 0.6) is 0 Å². The predicted octanol–water partition coefficient (Wildman–Crippen LogP) is 1.18. The Bertz CT molecular complexity index is 246. The Morgan fingerprint density at radius 1 is 1.53 bits per heavy atom. The van der Waals surface area contributed by atoms with E-state index in [4.69, 9.17) is 0 Å². The third-order valence-corrected chi connectivity index (χ3v) is 2.81. The van der Waals surface area contributed by atoms with Crippen molar-refractivity contribution in [1.29, 1.82) is 0 Å². The lowest BCUT2D eigenvalue weighted by Gasteiger charge is -2.30. The van der Waals surface area contributed by atoms with Crippen LogP contribution in [0.25, 0.3) is 0 Å². The fourth-order valence-corrected chi connectivity index (χ4v) is 1.62. The second kappa shape index (κ2) is 4.61. The minimum absolute atomic E-state index is 0. The molecule has 6 heteroatoms. The Balaban J connectivity index is 0.00000196. The first-order valence-electron chi connectivity index (χ1n) is 4.72. The molecule has 2 N–H and O–H groups in total. The topological polar surface area (TPSA) is 41.1 Å². The largest absolute Gasteiger partial charge is 0.355 e. The maximum absolute atomic E-state index is 13.3. The molecule has 0 aromatic rings. The number of carbonyl (C=O) groups excluding carboxylic acids is 1. The van der Waals surface area contributed by atoms with Gasteiger partial charge in [-0.2, -0.15) is 0 Å². The molecular weight excluding hydrogens is 226 g/mol. The second-order valence-electron chi connectivity index (χ2n) is 4.13. The molecule has 1 aliphatic rings. The highest BCUT2D eigenvalue weighted by molar-refractivity contribution is 5.85. The highest BCUT2D eigenvalue weighted by atomic mass is 35.5. The van der Waals surface area contributed by atoms with Crippen molar-refractivity contribution in [2.45, 2.75) is 32.7 Å². The molecule has 0 spiro atoms. The Labute approximate surface area is 94.4 Å². The van der Waals surface area contributed by atoms with Gasteiger partial charge < -0.3 is 5.32 Å². The second-order valence-corrected chi connectivity index (χ2v) is 4.13. The predicted molar refractivity (Wildman–Crippen MR) is 56.5 cm³/mol. The number of alkyl halides is 2. The number of nitrogens with one attached hydrogen (secondary N) is 2. The van der Waals surface area contributed by atoms with Gasteiger partial charge in [0.2, 0.25) is 5.91 Å². The molecule has 3 nitrogen and oxygen atoms in total. The van der Waals surface area contributed by atoms with E-state index in [1.807, 2.05) is 0 Å². The first-order chi connectivity index (χ1) is 6.33. The van der Waals surface area contributed by atoms with Gasteiger partial charge in [-0.3, -0.25) is 10.1 Å². The summed E-state index contributed by atoms with van der Waals surface area (Å²) in [6.07, 6.45) is 0. The van der Waals surface area contributed by atoms with Gasteiger partial charge in [-0.1, -0.05) is 13.8 Å². The smallest absolute Gasteiger partial charge is 0.267 e. The molecule has 0 radical (unpaired) electrons. The Hall–Kier alpha value is -0.420. The van der Waals surface area contributed by atoms with Crippen LogP contribution in [0.3, 0.4) is 0 Å². The summed E-state index contributed by atoms with van der Waals surface area (Å²) >= 11 is 0. The SMILES string of the molecule is CCNC(=O)[C@H]1NCC(F)(F)C1(C)C.Cl. The molecule has 0 aromatic carbocycles. The summed E-state index contributed by atoms with van der Waals surface area (Å²) in [5.74, 6) is -3.18. The van der Waals surface area contributed by atoms with Gasteiger partial charge in [0, 0.05) is 6.54 Å². The number of carbonyl (C=O) groups is 1. The van der Waals surface area contributed by atoms with Crippen molar-refractivity contribution < 1.29 is 13.6 Å². The average Bonchev–Trinajstić information content (AvgIpc) is 2.23. The molecule has 0 aromatic heterocycles. The van der Waals surface area contributed by atoms with Gasteiger partial charge in [0.1, 0.15) is 0 Å². The minimum Gasteiger partial charge on any atom is -0.355 e. The van der Waals surface area contributed by atoms with E-state index in [1.165, 1.54) is 13.8 Å². The summed E-state index contributed by atoms with van der Waals surface area (Å²) in [5, 5.41) is 5.11. The number of likely N-dealkylation sites (N-methyl/N-ethyl adjacent to an activating group) is 1. The Morgan fingerprint density at radius 2 is 2.07 bits per heavy atom. The molecule has 1 fully saturated rings. The van der Waals surface area contributed by atoms with Crippen LogP contribution >= 0.6 is 12.4 Å². The van der Waals surface area contributed by atoms with Crippen molar-refractivity contribution in [2.75, 3.05) is 13.1 Å². The van der Waals surface area contributed by atoms with Crippen LogP contribution in [0.1, 0.15) is 20.8 Å². The molecule has 0 aliphatic carbocycles. The third kappa shape index (κ3) is 2.39. The van der Waals surface area contributed by atoms with E-state index in [-0.39, 0.29) is 18.3 Å². The summed E-state index contributed by atoms with van der Waals surface area (Å²) < 4.78 is 26.7. The lowest BCUT2D eigenvalue weighted by Crippen LogP contribution is -2.49. The molecule has 1 heterocycles. The lowest BCUT2D eigenvalue weighted by molar-refractivity contribution is -0.130. The van der Waals surface area contributed by atoms with Gasteiger partial charge in [0.05, 0.1) is 18.0 Å². The van der Waals surface area contributed by atoms with Gasteiger partial charge in [-0.25, -0.2) is 8.78 Å². The van der Waals surface area contributed by atoms with Crippen LogP contribution < -0.4 is 10.6 Å². The van der Waals surface area contributed by atoms with E-state index in [0.717, 1.165) is 0 Å². The highest BCUT2D eigenvalue weighted by Gasteiger charge is 2.58. The number of halogens is 3. The molecule has 0 saturated carbocycles. The number of hydrogen-bond donors (Lipinski definition) is 2. The third-order valence-electron chi connectivity index (χ3n) is 2.81. The maximum atomic E-state index is 13.3. The molecule has 1 amide bonds. The van der Waals surface area contributed by atoms with Crippen molar-refractivity contribution in [3.8, 4) is 0 Å². The zero-order valence-corrected chi connectivity index (χ0v) is 9.88. The van der Waals surface area contributed by atoms with Crippen molar-refractivity contribution >= 4 is 18.3 Å². The van der Waals surface area contributed by atoms with E-state index in [9.17, 15) is 13.6 Å². The lowest BCUT2D eigenvalue weighted by atomic mass is 9.81. The normalized spacial score (nSPS) is 26.9. The van der Waals surface area contributed by atoms with Crippen molar-refractivity contribution in [2.24, 2.45) is 5.41 Å². The fraction of sp³-hybridized carbons (Fsp3) is 0.889. The summed E-state index contributed by atoms with van der Waals surface area (Å²) in [6.45, 7) is 4.61. The quantitative estimate of drug-likeness (QED) is 0.764. The van der Waals surface area contributed by atoms with Crippen LogP contribution in [0.2, 0.25) is 0 Å². The minimum atomic E-state index is -2.83. The molecule has 1 saturated heterocycles. The van der Waals surface area contributed by atoms with Gasteiger partial charge in [0.25, 0.3) is 5.92 Å². The van der Waals surface area contributed by atoms with Crippen molar-refractivity contribution in [3.63, 3.8) is 0 Å². The first kappa shape index (κ1) is 14.6. The van der Waals surface area contributed by atoms with Gasteiger partial charge in [0.15, 0.2) is 0 Å². The molecule has 1 atom stereocenters. The molecule has 1 rings (SSSR count). The molecule has 0 unspecified atom stereocenters. The summed E-state index contributed by atoms with van der Waals surface area (Å²) in [5.41, 5.74) is -1.33. The zero-order valence-electron chi connectivity index (χ0n) is 9.06. The Morgan fingerprint density at radius 3 is 2.40 bits per heavy atom. The first-order valence-corrected chi connectivity index (χ1v) is 4.72. The summed E-state index contributed by atoms with van der Waals surface area (Å²) in [7, 11) is 0. The van der Waals surface area contributed by atoms with E-state index in [1.54, 1.807) is 6.92 Å². The maximum Gasteiger partial charge on any atom is 0.267 e. The molecule has 1 aliphatic heterocycles. The molecular formula is C9H17ClF2N2O. The number of amides is 1. The molecule has 0 bridgehead atoms. The van der Waals surface area contributed by atoms with E-state index in [0.29, 0.717) is 6.54 Å². The average molecular weight is 243 g/mol. The van der Waals surface area contributed by atoms with Gasteiger partial charge in [-0.15, -0.1) is 12.4 Å². The van der Waals surface area contributed by atoms with Gasteiger partial charge >= 0.3 is 0 Å². The zero-order chi connectivity index (χ0) is 11.0. The monoisotopic (exact) mass is 242 g/mol. The van der Waals surface area contributed by atoms with Crippen molar-refractivity contribution in [1.82, 2.24) is 10.6 Å². The van der Waals surface area contributed by atoms with Crippen LogP contribution in [0, 0.1) is 5.41 Å². The number of rotatable bonds is 2. The van der Waals surface area contributed by atoms with E-state index in [2.05, 4.69) is 10.6 Å². The van der Waals surface area contributed by atoms with Crippen LogP contribution in [-0.4, -0.2) is 31.0 Å². The Kier molecular flexibility index (Phi) is 4.49. The van der Waals surface area contributed by atoms with Gasteiger partial charge in [-0.05, 0) is 6.92 Å². The van der Waals surface area contributed by atoms with Crippen molar-refractivity contribution in [3.05, 3.63) is 0 Å². The standard InChI is InChI=1S/C9H16F2N2O.ClH/c1-4-12-7(14)6-8(2,3)9(10,11)5-13-6;/h6,13H,4-5H2,1-3H3,(H,12,14);1H/t6-;/m1./s1. The van der Waals surface area contributed by atoms with Crippen LogP contribution in [-0.2, 0) is 4.79 Å². The molecule has 90 valence electrons. The molecule has 15 heavy (non-hydrogen) atoms.